The molecule has 0 fully saturated rings. The topological polar surface area (TPSA) is 46.5 Å². The van der Waals surface area contributed by atoms with Crippen LogP contribution >= 0.6 is 0 Å². The number of ether oxygens (including phenoxy) is 1. The van der Waals surface area contributed by atoms with Crippen LogP contribution in [0.4, 0.5) is 0 Å². The van der Waals surface area contributed by atoms with E-state index >= 15 is 0 Å². The zero-order valence-corrected chi connectivity index (χ0v) is 11.0. The van der Waals surface area contributed by atoms with E-state index < -0.39 is 5.97 Å². The van der Waals surface area contributed by atoms with Crippen molar-refractivity contribution in [2.24, 2.45) is 0 Å². The summed E-state index contributed by atoms with van der Waals surface area (Å²) in [5, 5.41) is 10.2. The largest absolute Gasteiger partial charge is 0.507 e. The summed E-state index contributed by atoms with van der Waals surface area (Å²) in [7, 11) is 0. The molecule has 0 saturated heterocycles. The van der Waals surface area contributed by atoms with Crippen molar-refractivity contribution < 1.29 is 14.6 Å². The highest BCUT2D eigenvalue weighted by atomic mass is 16.5. The average molecular weight is 246 g/mol. The third-order valence-corrected chi connectivity index (χ3v) is 3.34. The zero-order chi connectivity index (χ0) is 13.3. The molecule has 0 atom stereocenters. The molecule has 1 aliphatic rings. The van der Waals surface area contributed by atoms with Gasteiger partial charge in [0.2, 0.25) is 0 Å². The number of carbonyl (C=O) groups is 1. The van der Waals surface area contributed by atoms with Gasteiger partial charge in [0.05, 0.1) is 12.2 Å². The number of aliphatic hydroxyl groups is 1. The molecule has 0 spiro atoms. The minimum Gasteiger partial charge on any atom is -0.507 e. The molecule has 0 aliphatic heterocycles. The normalized spacial score (nSPS) is 17.3. The molecule has 0 heterocycles. The molecule has 1 aromatic carbocycles. The Morgan fingerprint density at radius 3 is 2.72 bits per heavy atom. The van der Waals surface area contributed by atoms with Crippen molar-refractivity contribution in [2.75, 3.05) is 6.61 Å². The maximum Gasteiger partial charge on any atom is 0.337 e. The number of hydrogen-bond acceptors (Lipinski definition) is 3. The number of esters is 1. The van der Waals surface area contributed by atoms with Crippen LogP contribution in [0.15, 0.2) is 29.8 Å². The van der Waals surface area contributed by atoms with Gasteiger partial charge < -0.3 is 9.84 Å². The first-order valence-electron chi connectivity index (χ1n) is 6.16. The van der Waals surface area contributed by atoms with E-state index in [9.17, 15) is 9.90 Å². The molecule has 18 heavy (non-hydrogen) atoms. The monoisotopic (exact) mass is 246 g/mol. The van der Waals surface area contributed by atoms with E-state index in [0.717, 1.165) is 11.1 Å². The molecule has 1 aromatic rings. The molecule has 0 saturated carbocycles. The van der Waals surface area contributed by atoms with E-state index in [1.807, 2.05) is 24.3 Å². The molecule has 0 bridgehead atoms. The van der Waals surface area contributed by atoms with Crippen LogP contribution in [0, 0.1) is 0 Å². The molecule has 0 aromatic heterocycles. The Morgan fingerprint density at radius 2 is 2.06 bits per heavy atom. The number of rotatable bonds is 2. The van der Waals surface area contributed by atoms with Crippen LogP contribution in [-0.4, -0.2) is 17.7 Å². The van der Waals surface area contributed by atoms with Crippen molar-refractivity contribution in [2.45, 2.75) is 32.6 Å². The first kappa shape index (κ1) is 12.7. The number of hydrogen-bond donors (Lipinski definition) is 1. The van der Waals surface area contributed by atoms with Crippen LogP contribution in [-0.2, 0) is 14.9 Å². The highest BCUT2D eigenvalue weighted by molar-refractivity contribution is 5.97. The van der Waals surface area contributed by atoms with Gasteiger partial charge in [0.25, 0.3) is 0 Å². The van der Waals surface area contributed by atoms with Gasteiger partial charge in [-0.1, -0.05) is 38.1 Å². The van der Waals surface area contributed by atoms with Crippen LogP contribution in [0.3, 0.4) is 0 Å². The molecular weight excluding hydrogens is 228 g/mol. The Labute approximate surface area is 107 Å². The molecule has 0 amide bonds. The lowest BCUT2D eigenvalue weighted by Gasteiger charge is -2.32. The van der Waals surface area contributed by atoms with Crippen molar-refractivity contribution in [3.8, 4) is 0 Å². The van der Waals surface area contributed by atoms with Gasteiger partial charge in [-0.15, -0.1) is 0 Å². The molecule has 1 N–H and O–H groups in total. The summed E-state index contributed by atoms with van der Waals surface area (Å²) in [4.78, 5) is 11.9. The fourth-order valence-electron chi connectivity index (χ4n) is 2.45. The van der Waals surface area contributed by atoms with Crippen LogP contribution in [0.2, 0.25) is 0 Å². The van der Waals surface area contributed by atoms with Crippen molar-refractivity contribution in [1.29, 1.82) is 0 Å². The summed E-state index contributed by atoms with van der Waals surface area (Å²) >= 11 is 0. The zero-order valence-electron chi connectivity index (χ0n) is 11.0. The smallest absolute Gasteiger partial charge is 0.337 e. The first-order valence-corrected chi connectivity index (χ1v) is 6.16. The van der Waals surface area contributed by atoms with Gasteiger partial charge in [0, 0.05) is 5.56 Å². The maximum absolute atomic E-state index is 11.9. The van der Waals surface area contributed by atoms with Crippen molar-refractivity contribution in [3.05, 3.63) is 41.0 Å². The molecule has 3 nitrogen and oxygen atoms in total. The van der Waals surface area contributed by atoms with Crippen LogP contribution in [0.5, 0.6) is 0 Å². The SMILES string of the molecule is CCOC(=O)C1=C(O)c2ccccc2C(C)(C)C1. The molecule has 3 heteroatoms. The summed E-state index contributed by atoms with van der Waals surface area (Å²) < 4.78 is 5.00. The Bertz CT molecular complexity index is 512. The summed E-state index contributed by atoms with van der Waals surface area (Å²) in [5.74, 6) is -0.360. The van der Waals surface area contributed by atoms with E-state index in [1.54, 1.807) is 6.92 Å². The second kappa shape index (κ2) is 4.48. The fraction of sp³-hybridized carbons (Fsp3) is 0.400. The van der Waals surface area contributed by atoms with Crippen LogP contribution in [0.1, 0.15) is 38.3 Å². The Hall–Kier alpha value is -1.77. The van der Waals surface area contributed by atoms with Crippen molar-refractivity contribution in [3.63, 3.8) is 0 Å². The highest BCUT2D eigenvalue weighted by Crippen LogP contribution is 2.41. The molecular formula is C15H18O3. The van der Waals surface area contributed by atoms with Gasteiger partial charge in [-0.25, -0.2) is 4.79 Å². The van der Waals surface area contributed by atoms with Crippen molar-refractivity contribution >= 4 is 11.7 Å². The quantitative estimate of drug-likeness (QED) is 0.815. The van der Waals surface area contributed by atoms with Gasteiger partial charge in [-0.2, -0.15) is 0 Å². The molecule has 0 radical (unpaired) electrons. The van der Waals surface area contributed by atoms with E-state index in [2.05, 4.69) is 13.8 Å². The summed E-state index contributed by atoms with van der Waals surface area (Å²) in [6, 6.07) is 7.64. The fourth-order valence-corrected chi connectivity index (χ4v) is 2.45. The predicted molar refractivity (Wildman–Crippen MR) is 70.3 cm³/mol. The van der Waals surface area contributed by atoms with Crippen molar-refractivity contribution in [1.82, 2.24) is 0 Å². The number of fused-ring (bicyclic) bond motifs is 1. The maximum atomic E-state index is 11.9. The van der Waals surface area contributed by atoms with Crippen LogP contribution < -0.4 is 0 Å². The standard InChI is InChI=1S/C15H18O3/c1-4-18-14(17)11-9-15(2,3)12-8-6-5-7-10(12)13(11)16/h5-8,16H,4,9H2,1-3H3. The first-order chi connectivity index (χ1) is 8.47. The number of benzene rings is 1. The Morgan fingerprint density at radius 1 is 1.39 bits per heavy atom. The lowest BCUT2D eigenvalue weighted by molar-refractivity contribution is -0.138. The number of aliphatic hydroxyl groups excluding tert-OH is 1. The lowest BCUT2D eigenvalue weighted by atomic mass is 9.72. The minimum atomic E-state index is -0.419. The summed E-state index contributed by atoms with van der Waals surface area (Å²) in [6.45, 7) is 6.21. The minimum absolute atomic E-state index is 0.0587. The van der Waals surface area contributed by atoms with E-state index in [-0.39, 0.29) is 11.2 Å². The highest BCUT2D eigenvalue weighted by Gasteiger charge is 2.35. The third kappa shape index (κ3) is 2.01. The van der Waals surface area contributed by atoms with Gasteiger partial charge in [0.15, 0.2) is 0 Å². The number of carbonyl (C=O) groups excluding carboxylic acids is 1. The molecule has 2 rings (SSSR count). The summed E-state index contributed by atoms with van der Waals surface area (Å²) in [6.07, 6.45) is 0.495. The average Bonchev–Trinajstić information content (AvgIpc) is 2.34. The molecule has 1 aliphatic carbocycles. The van der Waals surface area contributed by atoms with E-state index in [4.69, 9.17) is 4.74 Å². The van der Waals surface area contributed by atoms with Gasteiger partial charge in [-0.05, 0) is 24.3 Å². The van der Waals surface area contributed by atoms with E-state index in [0.29, 0.717) is 18.6 Å². The molecule has 96 valence electrons. The van der Waals surface area contributed by atoms with Gasteiger partial charge in [0.1, 0.15) is 5.76 Å². The van der Waals surface area contributed by atoms with Gasteiger partial charge >= 0.3 is 5.97 Å². The lowest BCUT2D eigenvalue weighted by Crippen LogP contribution is -2.27. The third-order valence-electron chi connectivity index (χ3n) is 3.34. The summed E-state index contributed by atoms with van der Waals surface area (Å²) in [5.41, 5.74) is 2.00. The Balaban J connectivity index is 2.54. The second-order valence-corrected chi connectivity index (χ2v) is 5.15. The Kier molecular flexibility index (Phi) is 3.16. The van der Waals surface area contributed by atoms with Gasteiger partial charge in [-0.3, -0.25) is 0 Å². The van der Waals surface area contributed by atoms with E-state index in [1.165, 1.54) is 0 Å². The second-order valence-electron chi connectivity index (χ2n) is 5.15. The molecule has 0 unspecified atom stereocenters. The predicted octanol–water partition coefficient (Wildman–Crippen LogP) is 3.20. The van der Waals surface area contributed by atoms with Crippen LogP contribution in [0.25, 0.3) is 5.76 Å².